The summed E-state index contributed by atoms with van der Waals surface area (Å²) in [6.07, 6.45) is 1.18. The van der Waals surface area contributed by atoms with Crippen LogP contribution in [0.2, 0.25) is 5.02 Å². The van der Waals surface area contributed by atoms with Gasteiger partial charge in [0.2, 0.25) is 0 Å². The third-order valence-electron chi connectivity index (χ3n) is 2.89. The highest BCUT2D eigenvalue weighted by Crippen LogP contribution is 2.20. The molecule has 1 aromatic heterocycles. The topological polar surface area (TPSA) is 21.3 Å². The van der Waals surface area contributed by atoms with Gasteiger partial charge in [-0.1, -0.05) is 11.6 Å². The van der Waals surface area contributed by atoms with Crippen LogP contribution < -0.4 is 5.32 Å². The summed E-state index contributed by atoms with van der Waals surface area (Å²) >= 11 is 7.57. The molecule has 1 aliphatic rings. The molecule has 4 heteroatoms. The maximum Gasteiger partial charge on any atom is 0.0516 e. The van der Waals surface area contributed by atoms with Crippen LogP contribution in [0.1, 0.15) is 18.2 Å². The van der Waals surface area contributed by atoms with Gasteiger partial charge in [0, 0.05) is 29.5 Å². The lowest BCUT2D eigenvalue weighted by molar-refractivity contribution is 0.178. The molecule has 0 amide bonds. The smallest absolute Gasteiger partial charge is 0.0516 e. The first kappa shape index (κ1) is 11.4. The van der Waals surface area contributed by atoms with Crippen LogP contribution in [0.4, 0.5) is 0 Å². The van der Waals surface area contributed by atoms with Crippen LogP contribution in [0.15, 0.2) is 11.4 Å². The van der Waals surface area contributed by atoms with E-state index in [1.807, 2.05) is 11.4 Å². The van der Waals surface area contributed by atoms with Crippen molar-refractivity contribution in [1.82, 2.24) is 5.32 Å². The molecule has 0 bridgehead atoms. The second-order valence-corrected chi connectivity index (χ2v) is 5.46. The van der Waals surface area contributed by atoms with Crippen molar-refractivity contribution in [1.29, 1.82) is 0 Å². The van der Waals surface area contributed by atoms with Gasteiger partial charge in [-0.25, -0.2) is 0 Å². The first-order valence-corrected chi connectivity index (χ1v) is 6.55. The summed E-state index contributed by atoms with van der Waals surface area (Å²) in [4.78, 5) is 1.30. The predicted octanol–water partition coefficient (Wildman–Crippen LogP) is 2.92. The van der Waals surface area contributed by atoms with E-state index in [9.17, 15) is 0 Å². The lowest BCUT2D eigenvalue weighted by Gasteiger charge is -2.18. The number of thiophene rings is 1. The molecular weight excluding hydrogens is 230 g/mol. The lowest BCUT2D eigenvalue weighted by atomic mass is 10.0. The summed E-state index contributed by atoms with van der Waals surface area (Å²) in [6.45, 7) is 4.96. The van der Waals surface area contributed by atoms with Gasteiger partial charge < -0.3 is 10.1 Å². The molecule has 84 valence electrons. The minimum Gasteiger partial charge on any atom is -0.381 e. The van der Waals surface area contributed by atoms with Crippen LogP contribution in [0.5, 0.6) is 0 Å². The fraction of sp³-hybridized carbons (Fsp3) is 0.636. The zero-order valence-electron chi connectivity index (χ0n) is 8.83. The van der Waals surface area contributed by atoms with Gasteiger partial charge in [-0.2, -0.15) is 0 Å². The Bertz CT molecular complexity index is 309. The van der Waals surface area contributed by atoms with Gasteiger partial charge in [0.15, 0.2) is 0 Å². The first-order valence-electron chi connectivity index (χ1n) is 5.30. The molecule has 1 N–H and O–H groups in total. The molecular formula is C11H16ClNOS. The van der Waals surface area contributed by atoms with Crippen molar-refractivity contribution < 1.29 is 4.74 Å². The highest BCUT2D eigenvalue weighted by Gasteiger charge is 2.21. The average Bonchev–Trinajstić information content (AvgIpc) is 2.84. The Morgan fingerprint density at radius 3 is 3.20 bits per heavy atom. The second kappa shape index (κ2) is 5.30. The van der Waals surface area contributed by atoms with E-state index in [2.05, 4.69) is 12.2 Å². The van der Waals surface area contributed by atoms with Crippen LogP contribution in [0.3, 0.4) is 0 Å². The fourth-order valence-corrected chi connectivity index (χ4v) is 2.85. The van der Waals surface area contributed by atoms with E-state index < -0.39 is 0 Å². The van der Waals surface area contributed by atoms with E-state index in [4.69, 9.17) is 16.3 Å². The quantitative estimate of drug-likeness (QED) is 0.881. The first-order chi connectivity index (χ1) is 7.25. The number of rotatable bonds is 4. The van der Waals surface area contributed by atoms with Crippen molar-refractivity contribution >= 4 is 22.9 Å². The molecule has 2 rings (SSSR count). The minimum absolute atomic E-state index is 0.522. The van der Waals surface area contributed by atoms with Crippen LogP contribution in [0.25, 0.3) is 0 Å². The number of ether oxygens (including phenoxy) is 1. The lowest BCUT2D eigenvalue weighted by Crippen LogP contribution is -2.33. The Labute approximate surface area is 99.6 Å². The molecule has 2 unspecified atom stereocenters. The molecule has 2 heterocycles. The maximum absolute atomic E-state index is 5.87. The molecule has 2 atom stereocenters. The predicted molar refractivity (Wildman–Crippen MR) is 64.6 cm³/mol. The van der Waals surface area contributed by atoms with Crippen LogP contribution >= 0.6 is 22.9 Å². The van der Waals surface area contributed by atoms with Gasteiger partial charge in [-0.05, 0) is 25.3 Å². The van der Waals surface area contributed by atoms with E-state index in [0.717, 1.165) is 24.8 Å². The average molecular weight is 246 g/mol. The molecule has 0 aliphatic carbocycles. The Kier molecular flexibility index (Phi) is 4.03. The van der Waals surface area contributed by atoms with E-state index in [1.54, 1.807) is 11.3 Å². The van der Waals surface area contributed by atoms with Crippen LogP contribution in [-0.2, 0) is 11.3 Å². The summed E-state index contributed by atoms with van der Waals surface area (Å²) in [7, 11) is 0. The summed E-state index contributed by atoms with van der Waals surface area (Å²) in [5.41, 5.74) is 0. The van der Waals surface area contributed by atoms with Crippen molar-refractivity contribution in [3.8, 4) is 0 Å². The van der Waals surface area contributed by atoms with Gasteiger partial charge in [0.25, 0.3) is 0 Å². The van der Waals surface area contributed by atoms with Gasteiger partial charge >= 0.3 is 0 Å². The molecule has 2 nitrogen and oxygen atoms in total. The van der Waals surface area contributed by atoms with E-state index in [-0.39, 0.29) is 0 Å². The molecule has 1 aromatic rings. The molecule has 1 saturated heterocycles. The minimum atomic E-state index is 0.522. The van der Waals surface area contributed by atoms with Gasteiger partial charge in [-0.3, -0.25) is 0 Å². The molecule has 15 heavy (non-hydrogen) atoms. The SMILES string of the molecule is CC(NCc1cc(Cl)cs1)C1CCOC1. The zero-order chi connectivity index (χ0) is 10.7. The number of hydrogen-bond acceptors (Lipinski definition) is 3. The Morgan fingerprint density at radius 1 is 1.73 bits per heavy atom. The Morgan fingerprint density at radius 2 is 2.60 bits per heavy atom. The molecule has 0 spiro atoms. The molecule has 0 aromatic carbocycles. The van der Waals surface area contributed by atoms with E-state index in [0.29, 0.717) is 12.0 Å². The standard InChI is InChI=1S/C11H16ClNOS/c1-8(9-2-3-14-6-9)13-5-11-4-10(12)7-15-11/h4,7-9,13H,2-3,5-6H2,1H3. The number of hydrogen-bond donors (Lipinski definition) is 1. The molecule has 1 aliphatic heterocycles. The molecule has 0 saturated carbocycles. The van der Waals surface area contributed by atoms with Gasteiger partial charge in [0.05, 0.1) is 11.6 Å². The summed E-state index contributed by atoms with van der Waals surface area (Å²) in [5, 5.41) is 6.34. The summed E-state index contributed by atoms with van der Waals surface area (Å²) < 4.78 is 5.38. The van der Waals surface area contributed by atoms with Gasteiger partial charge in [0.1, 0.15) is 0 Å². The third-order valence-corrected chi connectivity index (χ3v) is 4.18. The highest BCUT2D eigenvalue weighted by molar-refractivity contribution is 7.10. The maximum atomic E-state index is 5.87. The summed E-state index contributed by atoms with van der Waals surface area (Å²) in [5.74, 6) is 0.667. The fourth-order valence-electron chi connectivity index (χ4n) is 1.82. The normalized spacial score (nSPS) is 23.2. The van der Waals surface area contributed by atoms with Crippen molar-refractivity contribution in [2.75, 3.05) is 13.2 Å². The van der Waals surface area contributed by atoms with Crippen LogP contribution in [-0.4, -0.2) is 19.3 Å². The number of halogens is 1. The Balaban J connectivity index is 1.77. The molecule has 1 fully saturated rings. The summed E-state index contributed by atoms with van der Waals surface area (Å²) in [6, 6.07) is 2.55. The monoisotopic (exact) mass is 245 g/mol. The van der Waals surface area contributed by atoms with E-state index >= 15 is 0 Å². The Hall–Kier alpha value is -0.0900. The second-order valence-electron chi connectivity index (χ2n) is 4.02. The largest absolute Gasteiger partial charge is 0.381 e. The highest BCUT2D eigenvalue weighted by atomic mass is 35.5. The van der Waals surface area contributed by atoms with Crippen molar-refractivity contribution in [3.63, 3.8) is 0 Å². The van der Waals surface area contributed by atoms with Crippen LogP contribution in [0, 0.1) is 5.92 Å². The van der Waals surface area contributed by atoms with Gasteiger partial charge in [-0.15, -0.1) is 11.3 Å². The third kappa shape index (κ3) is 3.18. The van der Waals surface area contributed by atoms with Crippen molar-refractivity contribution in [2.24, 2.45) is 5.92 Å². The van der Waals surface area contributed by atoms with Crippen molar-refractivity contribution in [2.45, 2.75) is 25.9 Å². The van der Waals surface area contributed by atoms with E-state index in [1.165, 1.54) is 11.3 Å². The number of nitrogens with one attached hydrogen (secondary N) is 1. The molecule has 0 radical (unpaired) electrons. The zero-order valence-corrected chi connectivity index (χ0v) is 10.4. The van der Waals surface area contributed by atoms with Crippen molar-refractivity contribution in [3.05, 3.63) is 21.3 Å².